The third-order valence-corrected chi connectivity index (χ3v) is 1.98. The molecule has 0 aromatic carbocycles. The molecule has 0 fully saturated rings. The van der Waals surface area contributed by atoms with Gasteiger partial charge in [-0.05, 0) is 5.10 Å². The van der Waals surface area contributed by atoms with Crippen molar-refractivity contribution >= 4 is 11.9 Å². The van der Waals surface area contributed by atoms with Crippen LogP contribution < -0.4 is 4.68 Å². The van der Waals surface area contributed by atoms with Crippen LogP contribution in [0, 0.1) is 0 Å². The third-order valence-electron chi connectivity index (χ3n) is 1.98. The first-order valence-corrected chi connectivity index (χ1v) is 4.80. The van der Waals surface area contributed by atoms with Crippen LogP contribution in [0.2, 0.25) is 0 Å². The Kier molecular flexibility index (Phi) is 3.93. The molecule has 0 bridgehead atoms. The lowest BCUT2D eigenvalue weighted by atomic mass is 10.3. The van der Waals surface area contributed by atoms with Gasteiger partial charge in [0, 0.05) is 20.2 Å². The Morgan fingerprint density at radius 1 is 1.50 bits per heavy atom. The highest BCUT2D eigenvalue weighted by atomic mass is 16.4. The van der Waals surface area contributed by atoms with Crippen LogP contribution in [0.3, 0.4) is 0 Å². The minimum atomic E-state index is -0.872. The predicted molar refractivity (Wildman–Crippen MR) is 54.7 cm³/mol. The summed E-state index contributed by atoms with van der Waals surface area (Å²) in [6.45, 7) is 0.297. The van der Waals surface area contributed by atoms with Crippen LogP contribution in [0.1, 0.15) is 16.8 Å². The molecule has 6 heteroatoms. The summed E-state index contributed by atoms with van der Waals surface area (Å²) in [5, 5.41) is 12.4. The molecule has 0 unspecified atom stereocenters. The van der Waals surface area contributed by atoms with E-state index >= 15 is 0 Å². The number of rotatable bonds is 4. The molecule has 0 saturated carbocycles. The lowest BCUT2D eigenvalue weighted by Crippen LogP contribution is -2.39. The lowest BCUT2D eigenvalue weighted by molar-refractivity contribution is -0.753. The highest BCUT2D eigenvalue weighted by molar-refractivity contribution is 5.93. The van der Waals surface area contributed by atoms with Gasteiger partial charge in [-0.25, -0.2) is 0 Å². The Bertz CT molecular complexity index is 387. The van der Waals surface area contributed by atoms with Crippen molar-refractivity contribution in [2.75, 3.05) is 14.1 Å². The maximum atomic E-state index is 11.5. The standard InChI is InChI=1S/C10H13N3O3/c1-12(2)10(16)8-3-5-13(11-7-8)6-4-9(14)15/h3,5,7H,4,6H2,1-2H3/p+1. The van der Waals surface area contributed by atoms with Gasteiger partial charge < -0.3 is 10.0 Å². The zero-order valence-corrected chi connectivity index (χ0v) is 9.25. The summed E-state index contributed by atoms with van der Waals surface area (Å²) in [6, 6.07) is 1.62. The highest BCUT2D eigenvalue weighted by Crippen LogP contribution is 1.97. The van der Waals surface area contributed by atoms with E-state index in [-0.39, 0.29) is 12.3 Å². The number of carboxylic acids is 1. The fourth-order valence-electron chi connectivity index (χ4n) is 1.11. The number of nitrogens with zero attached hydrogens (tertiary/aromatic N) is 3. The Morgan fingerprint density at radius 3 is 2.62 bits per heavy atom. The molecule has 0 radical (unpaired) electrons. The summed E-state index contributed by atoms with van der Waals surface area (Å²) >= 11 is 0. The quantitative estimate of drug-likeness (QED) is 0.703. The number of carboxylic acid groups (broad SMARTS) is 1. The van der Waals surface area contributed by atoms with E-state index in [1.165, 1.54) is 15.8 Å². The number of carbonyl (C=O) groups is 2. The second-order valence-corrected chi connectivity index (χ2v) is 3.52. The molecule has 1 aromatic heterocycles. The smallest absolute Gasteiger partial charge is 0.309 e. The van der Waals surface area contributed by atoms with E-state index in [4.69, 9.17) is 5.11 Å². The van der Waals surface area contributed by atoms with Crippen molar-refractivity contribution in [3.63, 3.8) is 0 Å². The molecule has 1 rings (SSSR count). The Morgan fingerprint density at radius 2 is 2.19 bits per heavy atom. The molecular weight excluding hydrogens is 210 g/mol. The Labute approximate surface area is 93.1 Å². The van der Waals surface area contributed by atoms with Crippen molar-refractivity contribution < 1.29 is 19.4 Å². The van der Waals surface area contributed by atoms with E-state index in [0.717, 1.165) is 0 Å². The van der Waals surface area contributed by atoms with E-state index < -0.39 is 5.97 Å². The highest BCUT2D eigenvalue weighted by Gasteiger charge is 2.11. The molecule has 1 amide bonds. The van der Waals surface area contributed by atoms with E-state index in [2.05, 4.69) is 5.10 Å². The topological polar surface area (TPSA) is 74.4 Å². The molecule has 0 aliphatic rings. The molecule has 0 spiro atoms. The largest absolute Gasteiger partial charge is 0.481 e. The fraction of sp³-hybridized carbons (Fsp3) is 0.400. The second kappa shape index (κ2) is 5.20. The van der Waals surface area contributed by atoms with Crippen molar-refractivity contribution in [1.82, 2.24) is 10.00 Å². The van der Waals surface area contributed by atoms with Gasteiger partial charge in [0.1, 0.15) is 12.6 Å². The summed E-state index contributed by atoms with van der Waals surface area (Å²) < 4.78 is 1.49. The number of aliphatic carboxylic acids is 1. The normalized spacial score (nSPS) is 9.88. The molecule has 16 heavy (non-hydrogen) atoms. The van der Waals surface area contributed by atoms with Gasteiger partial charge in [-0.15, -0.1) is 0 Å². The first kappa shape index (κ1) is 12.1. The molecule has 0 atom stereocenters. The lowest BCUT2D eigenvalue weighted by Gasteiger charge is -2.08. The van der Waals surface area contributed by atoms with Gasteiger partial charge in [-0.3, -0.25) is 9.59 Å². The Hall–Kier alpha value is -1.98. The molecular formula is C10H14N3O3+. The van der Waals surface area contributed by atoms with Gasteiger partial charge in [0.2, 0.25) is 0 Å². The third kappa shape index (κ3) is 3.30. The van der Waals surface area contributed by atoms with Gasteiger partial charge in [-0.2, -0.15) is 0 Å². The van der Waals surface area contributed by atoms with E-state index in [1.54, 1.807) is 26.4 Å². The van der Waals surface area contributed by atoms with E-state index in [0.29, 0.717) is 12.1 Å². The Balaban J connectivity index is 2.68. The van der Waals surface area contributed by atoms with Crippen LogP contribution >= 0.6 is 0 Å². The van der Waals surface area contributed by atoms with Gasteiger partial charge in [0.05, 0.1) is 5.56 Å². The monoisotopic (exact) mass is 224 g/mol. The van der Waals surface area contributed by atoms with E-state index in [9.17, 15) is 9.59 Å². The summed E-state index contributed by atoms with van der Waals surface area (Å²) in [4.78, 5) is 23.3. The molecule has 0 aliphatic carbocycles. The molecule has 1 N–H and O–H groups in total. The zero-order chi connectivity index (χ0) is 12.1. The molecule has 1 heterocycles. The number of amides is 1. The first-order chi connectivity index (χ1) is 7.50. The van der Waals surface area contributed by atoms with Crippen LogP contribution in [0.5, 0.6) is 0 Å². The molecule has 1 aromatic rings. The maximum Gasteiger partial charge on any atom is 0.309 e. The zero-order valence-electron chi connectivity index (χ0n) is 9.25. The van der Waals surface area contributed by atoms with Crippen LogP contribution in [0.4, 0.5) is 0 Å². The van der Waals surface area contributed by atoms with Gasteiger partial charge >= 0.3 is 5.97 Å². The fourth-order valence-corrected chi connectivity index (χ4v) is 1.11. The van der Waals surface area contributed by atoms with Crippen LogP contribution in [-0.4, -0.2) is 41.1 Å². The number of aryl methyl sites for hydroxylation is 1. The molecule has 6 nitrogen and oxygen atoms in total. The maximum absolute atomic E-state index is 11.5. The SMILES string of the molecule is CN(C)C(=O)c1cc[n+](CCC(=O)O)nc1. The molecule has 86 valence electrons. The van der Waals surface area contributed by atoms with Gasteiger partial charge in [-0.1, -0.05) is 4.68 Å². The molecule has 0 aliphatic heterocycles. The number of hydrogen-bond donors (Lipinski definition) is 1. The predicted octanol–water partition coefficient (Wildman–Crippen LogP) is -0.454. The number of carbonyl (C=O) groups excluding carboxylic acids is 1. The minimum absolute atomic E-state index is 0.0125. The van der Waals surface area contributed by atoms with Crippen LogP contribution in [0.15, 0.2) is 18.5 Å². The average molecular weight is 224 g/mol. The number of aromatic nitrogens is 2. The van der Waals surface area contributed by atoms with Gasteiger partial charge in [0.15, 0.2) is 12.7 Å². The van der Waals surface area contributed by atoms with Crippen LogP contribution in [-0.2, 0) is 11.3 Å². The minimum Gasteiger partial charge on any atom is -0.481 e. The van der Waals surface area contributed by atoms with Crippen molar-refractivity contribution in [2.45, 2.75) is 13.0 Å². The average Bonchev–Trinajstić information content (AvgIpc) is 2.26. The second-order valence-electron chi connectivity index (χ2n) is 3.52. The summed E-state index contributed by atoms with van der Waals surface area (Å²) in [6.07, 6.45) is 3.04. The summed E-state index contributed by atoms with van der Waals surface area (Å²) in [5.74, 6) is -0.999. The first-order valence-electron chi connectivity index (χ1n) is 4.80. The van der Waals surface area contributed by atoms with Crippen molar-refractivity contribution in [1.29, 1.82) is 0 Å². The summed E-state index contributed by atoms with van der Waals surface area (Å²) in [5.41, 5.74) is 0.483. The van der Waals surface area contributed by atoms with E-state index in [1.807, 2.05) is 0 Å². The van der Waals surface area contributed by atoms with Crippen LogP contribution in [0.25, 0.3) is 0 Å². The summed E-state index contributed by atoms with van der Waals surface area (Å²) in [7, 11) is 3.32. The van der Waals surface area contributed by atoms with Crippen molar-refractivity contribution in [2.24, 2.45) is 0 Å². The number of hydrogen-bond acceptors (Lipinski definition) is 3. The van der Waals surface area contributed by atoms with Gasteiger partial charge in [0.25, 0.3) is 5.91 Å². The molecule has 0 saturated heterocycles. The van der Waals surface area contributed by atoms with Crippen molar-refractivity contribution in [3.8, 4) is 0 Å². The van der Waals surface area contributed by atoms with Crippen molar-refractivity contribution in [3.05, 3.63) is 24.0 Å².